The molecule has 2 N–H and O–H groups in total. The second-order valence-electron chi connectivity index (χ2n) is 6.00. The number of aromatic nitrogens is 1. The van der Waals surface area contributed by atoms with E-state index in [2.05, 4.69) is 0 Å². The zero-order valence-corrected chi connectivity index (χ0v) is 14.2. The number of pyridine rings is 1. The molecule has 1 aromatic carbocycles. The van der Waals surface area contributed by atoms with E-state index in [1.54, 1.807) is 22.9 Å². The normalized spacial score (nSPS) is 18.3. The number of allylic oxidation sites excluding steroid dienone is 2. The van der Waals surface area contributed by atoms with Gasteiger partial charge in [0.25, 0.3) is 5.56 Å². The van der Waals surface area contributed by atoms with Crippen LogP contribution in [0.3, 0.4) is 0 Å². The van der Waals surface area contributed by atoms with Crippen LogP contribution in [0, 0.1) is 5.41 Å². The molecular weight excluding hydrogens is 334 g/mol. The zero-order chi connectivity index (χ0) is 19.2. The number of nitrogens with zero attached hydrogens (tertiary/aromatic N) is 1. The molecule has 0 saturated heterocycles. The summed E-state index contributed by atoms with van der Waals surface area (Å²) in [6.45, 7) is 1.50. The predicted molar refractivity (Wildman–Crippen MR) is 97.3 cm³/mol. The number of aliphatic carboxylic acids is 2. The lowest BCUT2D eigenvalue weighted by Crippen LogP contribution is -2.28. The number of hydrogen-bond donors (Lipinski definition) is 2. The van der Waals surface area contributed by atoms with Gasteiger partial charge in [-0.25, -0.2) is 4.79 Å². The summed E-state index contributed by atoms with van der Waals surface area (Å²) in [5.41, 5.74) is -0.0585. The summed E-state index contributed by atoms with van der Waals surface area (Å²) < 4.78 is 1.61. The van der Waals surface area contributed by atoms with E-state index in [1.807, 2.05) is 36.4 Å². The van der Waals surface area contributed by atoms with Crippen molar-refractivity contribution in [3.63, 3.8) is 0 Å². The number of para-hydroxylation sites is 1. The van der Waals surface area contributed by atoms with E-state index in [0.29, 0.717) is 0 Å². The van der Waals surface area contributed by atoms with Gasteiger partial charge in [-0.15, -0.1) is 0 Å². The molecule has 6 heteroatoms. The van der Waals surface area contributed by atoms with E-state index >= 15 is 0 Å². The van der Waals surface area contributed by atoms with Crippen molar-refractivity contribution in [3.8, 4) is 5.69 Å². The van der Waals surface area contributed by atoms with Gasteiger partial charge in [0.1, 0.15) is 0 Å². The molecule has 0 spiro atoms. The monoisotopic (exact) mass is 353 g/mol. The van der Waals surface area contributed by atoms with Gasteiger partial charge in [0.05, 0.1) is 5.41 Å². The van der Waals surface area contributed by atoms with Gasteiger partial charge in [-0.2, -0.15) is 0 Å². The Bertz CT molecular complexity index is 911. The van der Waals surface area contributed by atoms with E-state index in [-0.39, 0.29) is 17.6 Å². The van der Waals surface area contributed by atoms with E-state index in [0.717, 1.165) is 5.69 Å². The Morgan fingerprint density at radius 2 is 1.69 bits per heavy atom. The first-order valence-corrected chi connectivity index (χ1v) is 7.92. The van der Waals surface area contributed by atoms with E-state index in [1.165, 1.54) is 25.2 Å². The van der Waals surface area contributed by atoms with Crippen molar-refractivity contribution in [3.05, 3.63) is 88.9 Å². The van der Waals surface area contributed by atoms with Crippen LogP contribution in [0.1, 0.15) is 13.3 Å². The van der Waals surface area contributed by atoms with E-state index in [9.17, 15) is 14.4 Å². The molecule has 2 aromatic rings. The third-order valence-electron chi connectivity index (χ3n) is 3.94. The maximum atomic E-state index is 11.4. The van der Waals surface area contributed by atoms with Crippen molar-refractivity contribution in [1.29, 1.82) is 0 Å². The zero-order valence-electron chi connectivity index (χ0n) is 14.2. The number of benzene rings is 1. The first-order valence-electron chi connectivity index (χ1n) is 7.92. The Kier molecular flexibility index (Phi) is 5.90. The van der Waals surface area contributed by atoms with Crippen molar-refractivity contribution in [2.75, 3.05) is 0 Å². The van der Waals surface area contributed by atoms with Crippen LogP contribution in [-0.4, -0.2) is 26.7 Å². The van der Waals surface area contributed by atoms with Crippen LogP contribution in [0.5, 0.6) is 0 Å². The lowest BCUT2D eigenvalue weighted by molar-refractivity contribution is -0.145. The van der Waals surface area contributed by atoms with Crippen LogP contribution in [0.25, 0.3) is 5.69 Å². The number of carbonyl (C=O) groups is 2. The highest BCUT2D eigenvalue weighted by Gasteiger charge is 2.34. The van der Waals surface area contributed by atoms with Gasteiger partial charge in [0, 0.05) is 23.5 Å². The molecule has 134 valence electrons. The largest absolute Gasteiger partial charge is 0.481 e. The summed E-state index contributed by atoms with van der Waals surface area (Å²) in [6.07, 6.45) is 6.20. The predicted octanol–water partition coefficient (Wildman–Crippen LogP) is 2.89. The molecule has 0 fully saturated rings. The summed E-state index contributed by atoms with van der Waals surface area (Å²) in [4.78, 5) is 32.7. The third-order valence-corrected chi connectivity index (χ3v) is 3.94. The Balaban J connectivity index is 0.000000187. The molecule has 1 aliphatic rings. The first kappa shape index (κ1) is 18.9. The molecule has 26 heavy (non-hydrogen) atoms. The van der Waals surface area contributed by atoms with Gasteiger partial charge in [0.2, 0.25) is 0 Å². The fourth-order valence-corrected chi connectivity index (χ4v) is 2.41. The Hall–Kier alpha value is -3.41. The highest BCUT2D eigenvalue weighted by atomic mass is 16.4. The summed E-state index contributed by atoms with van der Waals surface area (Å²) in [6, 6.07) is 14.7. The molecule has 0 amide bonds. The molecule has 1 aliphatic carbocycles. The van der Waals surface area contributed by atoms with Gasteiger partial charge < -0.3 is 10.2 Å². The molecule has 0 radical (unpaired) electrons. The maximum absolute atomic E-state index is 11.4. The fraction of sp³-hybridized carbons (Fsp3) is 0.150. The molecule has 1 aromatic heterocycles. The lowest BCUT2D eigenvalue weighted by atomic mass is 9.80. The van der Waals surface area contributed by atoms with Gasteiger partial charge in [-0.05, 0) is 31.5 Å². The topological polar surface area (TPSA) is 96.6 Å². The van der Waals surface area contributed by atoms with Crippen molar-refractivity contribution < 1.29 is 19.8 Å². The molecule has 1 unspecified atom stereocenters. The number of carboxylic acid groups (broad SMARTS) is 2. The Morgan fingerprint density at radius 1 is 1.04 bits per heavy atom. The SMILES string of the molecule is CC1(C(=O)O)C=CC=C(C(=O)O)C1.O=c1ccccn1-c1ccccc1. The Morgan fingerprint density at radius 3 is 2.27 bits per heavy atom. The standard InChI is InChI=1S/C11H9NO.C9H10O4/c13-11-8-4-5-9-12(11)10-6-2-1-3-7-10;1-9(8(12)13)4-2-3-6(5-9)7(10)11/h1-9H;2-4H,5H2,1H3,(H,10,11)(H,12,13). The third kappa shape index (κ3) is 4.57. The molecule has 1 heterocycles. The highest BCUT2D eigenvalue weighted by Crippen LogP contribution is 2.31. The van der Waals surface area contributed by atoms with Gasteiger partial charge in [-0.3, -0.25) is 14.2 Å². The molecule has 0 aliphatic heterocycles. The van der Waals surface area contributed by atoms with Gasteiger partial charge in [-0.1, -0.05) is 42.5 Å². The first-order chi connectivity index (χ1) is 12.3. The van der Waals surface area contributed by atoms with E-state index in [4.69, 9.17) is 10.2 Å². The van der Waals surface area contributed by atoms with Crippen molar-refractivity contribution in [2.45, 2.75) is 13.3 Å². The molecule has 1 atom stereocenters. The van der Waals surface area contributed by atoms with Crippen LogP contribution >= 0.6 is 0 Å². The van der Waals surface area contributed by atoms with Crippen LogP contribution < -0.4 is 5.56 Å². The van der Waals surface area contributed by atoms with Crippen LogP contribution in [-0.2, 0) is 9.59 Å². The van der Waals surface area contributed by atoms with Crippen molar-refractivity contribution in [1.82, 2.24) is 4.57 Å². The highest BCUT2D eigenvalue weighted by molar-refractivity contribution is 5.90. The smallest absolute Gasteiger partial charge is 0.331 e. The minimum absolute atomic E-state index is 0.00583. The second-order valence-corrected chi connectivity index (χ2v) is 6.00. The fourth-order valence-electron chi connectivity index (χ4n) is 2.41. The minimum Gasteiger partial charge on any atom is -0.481 e. The number of carboxylic acids is 2. The summed E-state index contributed by atoms with van der Waals surface area (Å²) >= 11 is 0. The summed E-state index contributed by atoms with van der Waals surface area (Å²) in [7, 11) is 0. The van der Waals surface area contributed by atoms with E-state index < -0.39 is 17.4 Å². The second kappa shape index (κ2) is 8.11. The average Bonchev–Trinajstić information content (AvgIpc) is 2.63. The molecule has 0 saturated carbocycles. The molecule has 6 nitrogen and oxygen atoms in total. The lowest BCUT2D eigenvalue weighted by Gasteiger charge is -2.23. The number of rotatable bonds is 3. The van der Waals surface area contributed by atoms with Crippen molar-refractivity contribution >= 4 is 11.9 Å². The van der Waals surface area contributed by atoms with Crippen molar-refractivity contribution in [2.24, 2.45) is 5.41 Å². The number of hydrogen-bond acceptors (Lipinski definition) is 3. The quantitative estimate of drug-likeness (QED) is 0.884. The van der Waals surface area contributed by atoms with Gasteiger partial charge >= 0.3 is 11.9 Å². The van der Waals surface area contributed by atoms with Gasteiger partial charge in [0.15, 0.2) is 0 Å². The maximum Gasteiger partial charge on any atom is 0.331 e. The molecular formula is C20H19NO5. The Labute approximate surface area is 150 Å². The molecule has 3 rings (SSSR count). The van der Waals surface area contributed by atoms with Crippen LogP contribution in [0.2, 0.25) is 0 Å². The molecule has 0 bridgehead atoms. The summed E-state index contributed by atoms with van der Waals surface area (Å²) in [5.74, 6) is -2.06. The average molecular weight is 353 g/mol. The minimum atomic E-state index is -1.08. The van der Waals surface area contributed by atoms with Crippen LogP contribution in [0.4, 0.5) is 0 Å². The summed E-state index contributed by atoms with van der Waals surface area (Å²) in [5, 5.41) is 17.5. The van der Waals surface area contributed by atoms with Crippen LogP contribution in [0.15, 0.2) is 83.3 Å².